The van der Waals surface area contributed by atoms with E-state index in [-0.39, 0.29) is 16.8 Å². The van der Waals surface area contributed by atoms with Gasteiger partial charge in [-0.3, -0.25) is 14.4 Å². The molecule has 0 radical (unpaired) electrons. The molecule has 8 heteroatoms. The van der Waals surface area contributed by atoms with Gasteiger partial charge in [-0.05, 0) is 74.5 Å². The first-order valence-electron chi connectivity index (χ1n) is 10.8. The molecule has 1 aliphatic heterocycles. The van der Waals surface area contributed by atoms with E-state index in [2.05, 4.69) is 14.9 Å². The molecule has 0 saturated carbocycles. The van der Waals surface area contributed by atoms with E-state index >= 15 is 0 Å². The van der Waals surface area contributed by atoms with Crippen molar-refractivity contribution < 1.29 is 17.6 Å². The maximum absolute atomic E-state index is 12.7. The Hall–Kier alpha value is -3.10. The van der Waals surface area contributed by atoms with Crippen LogP contribution < -0.4 is 10.0 Å². The van der Waals surface area contributed by atoms with Crippen molar-refractivity contribution in [1.82, 2.24) is 10.2 Å². The van der Waals surface area contributed by atoms with Gasteiger partial charge in [0, 0.05) is 17.8 Å². The summed E-state index contributed by atoms with van der Waals surface area (Å²) < 4.78 is 33.3. The maximum atomic E-state index is 12.7. The fourth-order valence-corrected chi connectivity index (χ4v) is 4.98. The van der Waals surface area contributed by atoms with Gasteiger partial charge in [0.1, 0.15) is 5.76 Å². The number of nitrogens with one attached hydrogen (secondary N) is 2. The van der Waals surface area contributed by atoms with Crippen molar-refractivity contribution >= 4 is 21.6 Å². The van der Waals surface area contributed by atoms with E-state index in [0.29, 0.717) is 17.8 Å². The third-order valence-corrected chi connectivity index (χ3v) is 7.01. The quantitative estimate of drug-likeness (QED) is 0.537. The zero-order valence-corrected chi connectivity index (χ0v) is 18.6. The Morgan fingerprint density at radius 2 is 1.66 bits per heavy atom. The summed E-state index contributed by atoms with van der Waals surface area (Å²) in [5.41, 5.74) is 0.886. The van der Waals surface area contributed by atoms with Gasteiger partial charge in [0.25, 0.3) is 15.9 Å². The Balaban J connectivity index is 1.41. The third-order valence-electron chi connectivity index (χ3n) is 5.61. The molecular formula is C24H27N3O4S. The van der Waals surface area contributed by atoms with Gasteiger partial charge >= 0.3 is 0 Å². The topological polar surface area (TPSA) is 91.7 Å². The largest absolute Gasteiger partial charge is 0.468 e. The van der Waals surface area contributed by atoms with Crippen molar-refractivity contribution in [2.24, 2.45) is 0 Å². The molecule has 1 aromatic heterocycles. The van der Waals surface area contributed by atoms with Gasteiger partial charge in [0.15, 0.2) is 0 Å². The van der Waals surface area contributed by atoms with Crippen molar-refractivity contribution in [1.29, 1.82) is 0 Å². The van der Waals surface area contributed by atoms with Crippen LogP contribution >= 0.6 is 0 Å². The Morgan fingerprint density at radius 1 is 0.938 bits per heavy atom. The molecule has 1 fully saturated rings. The van der Waals surface area contributed by atoms with Crippen LogP contribution in [0.3, 0.4) is 0 Å². The number of hydrogen-bond acceptors (Lipinski definition) is 5. The first kappa shape index (κ1) is 22.1. The Labute approximate surface area is 188 Å². The molecule has 4 rings (SSSR count). The lowest BCUT2D eigenvalue weighted by Gasteiger charge is -2.33. The molecule has 0 aliphatic carbocycles. The first-order valence-corrected chi connectivity index (χ1v) is 12.2. The summed E-state index contributed by atoms with van der Waals surface area (Å²) in [5.74, 6) is 0.583. The van der Waals surface area contributed by atoms with Crippen LogP contribution in [0.4, 0.5) is 5.69 Å². The van der Waals surface area contributed by atoms with Gasteiger partial charge < -0.3 is 9.73 Å². The number of benzene rings is 2. The summed E-state index contributed by atoms with van der Waals surface area (Å²) in [4.78, 5) is 15.2. The van der Waals surface area contributed by atoms with Crippen LogP contribution in [0.15, 0.2) is 82.3 Å². The second-order valence-electron chi connectivity index (χ2n) is 7.83. The number of carbonyl (C=O) groups excluding carboxylic acids is 1. The minimum Gasteiger partial charge on any atom is -0.468 e. The highest BCUT2D eigenvalue weighted by atomic mass is 32.2. The molecule has 1 saturated heterocycles. The lowest BCUT2D eigenvalue weighted by atomic mass is 10.1. The van der Waals surface area contributed by atoms with Crippen molar-refractivity contribution in [3.8, 4) is 0 Å². The van der Waals surface area contributed by atoms with Gasteiger partial charge in [-0.15, -0.1) is 0 Å². The van der Waals surface area contributed by atoms with E-state index in [9.17, 15) is 13.2 Å². The number of rotatable bonds is 8. The molecule has 32 heavy (non-hydrogen) atoms. The van der Waals surface area contributed by atoms with Gasteiger partial charge in [-0.2, -0.15) is 0 Å². The van der Waals surface area contributed by atoms with E-state index in [1.165, 1.54) is 30.7 Å². The number of sulfonamides is 1. The number of hydrogen-bond donors (Lipinski definition) is 2. The minimum absolute atomic E-state index is 0.0241. The second kappa shape index (κ2) is 10.0. The van der Waals surface area contributed by atoms with Crippen LogP contribution in [0.25, 0.3) is 0 Å². The lowest BCUT2D eigenvalue weighted by Crippen LogP contribution is -2.40. The normalized spacial score (nSPS) is 15.8. The highest BCUT2D eigenvalue weighted by Gasteiger charge is 2.25. The van der Waals surface area contributed by atoms with E-state index in [1.807, 2.05) is 18.2 Å². The number of nitrogens with zero attached hydrogens (tertiary/aromatic N) is 1. The molecule has 0 bridgehead atoms. The number of likely N-dealkylation sites (tertiary alicyclic amines) is 1. The highest BCUT2D eigenvalue weighted by molar-refractivity contribution is 7.92. The maximum Gasteiger partial charge on any atom is 0.261 e. The van der Waals surface area contributed by atoms with Crippen molar-refractivity contribution in [2.45, 2.75) is 30.2 Å². The zero-order valence-electron chi connectivity index (χ0n) is 17.7. The molecule has 1 aliphatic rings. The standard InChI is InChI=1S/C24H27N3O4S/c28-24(25-18-22(23-10-7-17-31-23)27-15-5-2-6-16-27)19-11-13-21(14-12-19)32(29,30)26-20-8-3-1-4-9-20/h1,3-4,7-14,17,22,26H,2,5-6,15-16,18H2,(H,25,28)/t22-/m1/s1. The van der Waals surface area contributed by atoms with Crippen LogP contribution in [0.5, 0.6) is 0 Å². The van der Waals surface area contributed by atoms with Crippen molar-refractivity contribution in [3.05, 3.63) is 84.3 Å². The Morgan fingerprint density at radius 3 is 2.31 bits per heavy atom. The smallest absolute Gasteiger partial charge is 0.261 e. The Bertz CT molecular complexity index is 1110. The predicted molar refractivity (Wildman–Crippen MR) is 123 cm³/mol. The predicted octanol–water partition coefficient (Wildman–Crippen LogP) is 4.04. The van der Waals surface area contributed by atoms with E-state index in [1.54, 1.807) is 30.5 Å². The SMILES string of the molecule is O=C(NC[C@H](c1ccco1)N1CCCCC1)c1ccc(S(=O)(=O)Nc2ccccc2)cc1. The molecule has 2 N–H and O–H groups in total. The molecule has 1 amide bonds. The summed E-state index contributed by atoms with van der Waals surface area (Å²) in [6.45, 7) is 2.37. The fourth-order valence-electron chi connectivity index (χ4n) is 3.92. The lowest BCUT2D eigenvalue weighted by molar-refractivity contribution is 0.0914. The number of furan rings is 1. The molecule has 168 valence electrons. The summed E-state index contributed by atoms with van der Waals surface area (Å²) in [6, 6.07) is 18.4. The minimum atomic E-state index is -3.73. The molecule has 3 aromatic rings. The summed E-state index contributed by atoms with van der Waals surface area (Å²) >= 11 is 0. The third kappa shape index (κ3) is 5.38. The molecule has 0 spiro atoms. The number of amides is 1. The van der Waals surface area contributed by atoms with Gasteiger partial charge in [-0.25, -0.2) is 8.42 Å². The average molecular weight is 454 g/mol. The first-order chi connectivity index (χ1) is 15.5. The Kier molecular flexibility index (Phi) is 6.92. The fraction of sp³-hybridized carbons (Fsp3) is 0.292. The average Bonchev–Trinajstić information content (AvgIpc) is 3.35. The molecule has 2 heterocycles. The monoisotopic (exact) mass is 453 g/mol. The second-order valence-corrected chi connectivity index (χ2v) is 9.52. The molecule has 1 atom stereocenters. The van der Waals surface area contributed by atoms with E-state index in [4.69, 9.17) is 4.42 Å². The summed E-state index contributed by atoms with van der Waals surface area (Å²) in [6.07, 6.45) is 5.15. The summed E-state index contributed by atoms with van der Waals surface area (Å²) in [7, 11) is -3.73. The van der Waals surface area contributed by atoms with Gasteiger partial charge in [0.2, 0.25) is 0 Å². The van der Waals surface area contributed by atoms with Crippen LogP contribution in [-0.4, -0.2) is 38.9 Å². The number of carbonyl (C=O) groups is 1. The molecule has 0 unspecified atom stereocenters. The van der Waals surface area contributed by atoms with Gasteiger partial charge in [-0.1, -0.05) is 24.6 Å². The van der Waals surface area contributed by atoms with Crippen LogP contribution in [0.1, 0.15) is 41.4 Å². The van der Waals surface area contributed by atoms with Crippen molar-refractivity contribution in [2.75, 3.05) is 24.4 Å². The van der Waals surface area contributed by atoms with Crippen LogP contribution in [0, 0.1) is 0 Å². The van der Waals surface area contributed by atoms with E-state index < -0.39 is 10.0 Å². The summed E-state index contributed by atoms with van der Waals surface area (Å²) in [5, 5.41) is 2.98. The van der Waals surface area contributed by atoms with Crippen molar-refractivity contribution in [3.63, 3.8) is 0 Å². The van der Waals surface area contributed by atoms with Crippen LogP contribution in [-0.2, 0) is 10.0 Å². The van der Waals surface area contributed by atoms with E-state index in [0.717, 1.165) is 31.7 Å². The van der Waals surface area contributed by atoms with Crippen LogP contribution in [0.2, 0.25) is 0 Å². The number of piperidine rings is 1. The van der Waals surface area contributed by atoms with Gasteiger partial charge in [0.05, 0.1) is 17.2 Å². The molecular weight excluding hydrogens is 426 g/mol. The number of anilines is 1. The number of para-hydroxylation sites is 1. The molecule has 7 nitrogen and oxygen atoms in total. The zero-order chi connectivity index (χ0) is 22.4. The highest BCUT2D eigenvalue weighted by Crippen LogP contribution is 2.24. The molecule has 2 aromatic carbocycles.